The Morgan fingerprint density at radius 1 is 1.04 bits per heavy atom. The van der Waals surface area contributed by atoms with Crippen molar-refractivity contribution in [3.05, 3.63) is 23.0 Å². The molecule has 2 rings (SSSR count). The molecular weight excluding hydrogens is 286 g/mol. The molecule has 0 bridgehead atoms. The Hall–Kier alpha value is -1.91. The highest BCUT2D eigenvalue weighted by atomic mass is 15.3. The summed E-state index contributed by atoms with van der Waals surface area (Å²) in [5, 5.41) is 12.9. The third-order valence-corrected chi connectivity index (χ3v) is 4.43. The Labute approximate surface area is 139 Å². The maximum atomic E-state index is 5.99. The van der Waals surface area contributed by atoms with Crippen LogP contribution < -0.4 is 5.73 Å². The molecule has 5 heteroatoms. The van der Waals surface area contributed by atoms with Gasteiger partial charge in [0, 0.05) is 18.8 Å². The number of rotatable bonds is 8. The smallest absolute Gasteiger partial charge is 0.149 e. The molecule has 0 aliphatic heterocycles. The topological polar surface area (TPSA) is 69.6 Å². The molecule has 0 fully saturated rings. The highest BCUT2D eigenvalue weighted by molar-refractivity contribution is 5.67. The Bertz CT molecular complexity index is 645. The number of aryl methyl sites for hydroxylation is 2. The number of anilines is 1. The van der Waals surface area contributed by atoms with Gasteiger partial charge in [0.25, 0.3) is 0 Å². The summed E-state index contributed by atoms with van der Waals surface area (Å²) in [7, 11) is 1.93. The van der Waals surface area contributed by atoms with Crippen LogP contribution in [0.25, 0.3) is 11.3 Å². The average Bonchev–Trinajstić information content (AvgIpc) is 2.85. The Kier molecular flexibility index (Phi) is 6.13. The predicted octanol–water partition coefficient (Wildman–Crippen LogP) is 3.98. The van der Waals surface area contributed by atoms with Crippen LogP contribution in [0.3, 0.4) is 0 Å². The highest BCUT2D eigenvalue weighted by Gasteiger charge is 2.16. The van der Waals surface area contributed by atoms with Gasteiger partial charge in [0.2, 0.25) is 0 Å². The molecule has 2 heterocycles. The van der Waals surface area contributed by atoms with E-state index in [0.717, 1.165) is 28.9 Å². The van der Waals surface area contributed by atoms with E-state index in [9.17, 15) is 0 Å². The van der Waals surface area contributed by atoms with Crippen LogP contribution in [0.15, 0.2) is 6.20 Å². The van der Waals surface area contributed by atoms with Gasteiger partial charge < -0.3 is 5.73 Å². The van der Waals surface area contributed by atoms with Gasteiger partial charge in [-0.15, -0.1) is 10.2 Å². The molecule has 23 heavy (non-hydrogen) atoms. The first-order valence-electron chi connectivity index (χ1n) is 8.66. The molecule has 2 aromatic heterocycles. The molecule has 5 nitrogen and oxygen atoms in total. The summed E-state index contributed by atoms with van der Waals surface area (Å²) >= 11 is 0. The minimum absolute atomic E-state index is 0.538. The highest BCUT2D eigenvalue weighted by Crippen LogP contribution is 2.29. The van der Waals surface area contributed by atoms with Crippen LogP contribution in [0.1, 0.15) is 62.3 Å². The molecule has 0 saturated carbocycles. The first-order valence-corrected chi connectivity index (χ1v) is 8.66. The van der Waals surface area contributed by atoms with Crippen LogP contribution in [0.4, 0.5) is 5.82 Å². The molecule has 0 spiro atoms. The molecule has 2 N–H and O–H groups in total. The third kappa shape index (κ3) is 4.30. The van der Waals surface area contributed by atoms with Gasteiger partial charge in [-0.25, -0.2) is 0 Å². The van der Waals surface area contributed by atoms with Crippen LogP contribution >= 0.6 is 0 Å². The Balaban J connectivity index is 2.17. The summed E-state index contributed by atoms with van der Waals surface area (Å²) in [4.78, 5) is 0. The van der Waals surface area contributed by atoms with E-state index in [2.05, 4.69) is 22.2 Å². The van der Waals surface area contributed by atoms with E-state index in [1.54, 1.807) is 0 Å². The number of aromatic nitrogens is 4. The largest absolute Gasteiger partial charge is 0.382 e. The van der Waals surface area contributed by atoms with Gasteiger partial charge in [-0.3, -0.25) is 4.68 Å². The fourth-order valence-electron chi connectivity index (χ4n) is 3.01. The quantitative estimate of drug-likeness (QED) is 0.748. The number of hydrogen-bond donors (Lipinski definition) is 1. The summed E-state index contributed by atoms with van der Waals surface area (Å²) in [6, 6.07) is 0. The molecule has 0 aliphatic rings. The first-order chi connectivity index (χ1) is 11.0. The molecule has 0 aliphatic carbocycles. The van der Waals surface area contributed by atoms with Crippen LogP contribution in [0.5, 0.6) is 0 Å². The van der Waals surface area contributed by atoms with Gasteiger partial charge in [-0.05, 0) is 37.8 Å². The third-order valence-electron chi connectivity index (χ3n) is 4.43. The molecule has 126 valence electrons. The van der Waals surface area contributed by atoms with Crippen molar-refractivity contribution in [2.75, 3.05) is 5.73 Å². The Morgan fingerprint density at radius 3 is 2.39 bits per heavy atom. The summed E-state index contributed by atoms with van der Waals surface area (Å²) < 4.78 is 1.83. The van der Waals surface area contributed by atoms with E-state index in [0.29, 0.717) is 5.82 Å². The fourth-order valence-corrected chi connectivity index (χ4v) is 3.01. The maximum absolute atomic E-state index is 5.99. The molecular formula is C18H29N5. The van der Waals surface area contributed by atoms with E-state index in [4.69, 9.17) is 5.73 Å². The number of nitrogen functional groups attached to an aromatic ring is 1. The monoisotopic (exact) mass is 315 g/mol. The van der Waals surface area contributed by atoms with Crippen molar-refractivity contribution in [2.24, 2.45) is 7.05 Å². The minimum atomic E-state index is 0.538. The lowest BCUT2D eigenvalue weighted by molar-refractivity contribution is 0.606. The molecule has 0 unspecified atom stereocenters. The summed E-state index contributed by atoms with van der Waals surface area (Å²) in [5.74, 6) is 0.538. The van der Waals surface area contributed by atoms with Crippen molar-refractivity contribution in [3.63, 3.8) is 0 Å². The van der Waals surface area contributed by atoms with E-state index in [1.165, 1.54) is 44.1 Å². The van der Waals surface area contributed by atoms with E-state index < -0.39 is 0 Å². The second-order valence-corrected chi connectivity index (χ2v) is 6.36. The normalized spacial score (nSPS) is 11.1. The van der Waals surface area contributed by atoms with Gasteiger partial charge in [-0.1, -0.05) is 39.0 Å². The first kappa shape index (κ1) is 17.4. The van der Waals surface area contributed by atoms with E-state index >= 15 is 0 Å². The van der Waals surface area contributed by atoms with Crippen LogP contribution in [0, 0.1) is 13.8 Å². The lowest BCUT2D eigenvalue weighted by Gasteiger charge is -2.12. The molecule has 0 aromatic carbocycles. The predicted molar refractivity (Wildman–Crippen MR) is 95.2 cm³/mol. The molecule has 0 saturated heterocycles. The van der Waals surface area contributed by atoms with Crippen molar-refractivity contribution in [3.8, 4) is 11.3 Å². The Morgan fingerprint density at radius 2 is 1.74 bits per heavy atom. The van der Waals surface area contributed by atoms with Crippen molar-refractivity contribution in [2.45, 2.75) is 65.7 Å². The maximum Gasteiger partial charge on any atom is 0.149 e. The SMILES string of the molecule is CCCCCCCCc1c(-c2cn(C)nc2C)nnc(N)c1C. The second-order valence-electron chi connectivity index (χ2n) is 6.36. The molecule has 0 atom stereocenters. The van der Waals surface area contributed by atoms with Crippen molar-refractivity contribution < 1.29 is 0 Å². The van der Waals surface area contributed by atoms with E-state index in [-0.39, 0.29) is 0 Å². The van der Waals surface area contributed by atoms with Gasteiger partial charge >= 0.3 is 0 Å². The van der Waals surface area contributed by atoms with Crippen molar-refractivity contribution in [1.82, 2.24) is 20.0 Å². The second kappa shape index (κ2) is 8.09. The van der Waals surface area contributed by atoms with Crippen molar-refractivity contribution >= 4 is 5.82 Å². The fraction of sp³-hybridized carbons (Fsp3) is 0.611. The molecule has 0 radical (unpaired) electrons. The average molecular weight is 315 g/mol. The zero-order chi connectivity index (χ0) is 16.8. The van der Waals surface area contributed by atoms with Crippen LogP contribution in [-0.2, 0) is 13.5 Å². The number of unbranched alkanes of at least 4 members (excludes halogenated alkanes) is 5. The number of nitrogens with zero attached hydrogens (tertiary/aromatic N) is 4. The summed E-state index contributed by atoms with van der Waals surface area (Å²) in [6.07, 6.45) is 10.7. The van der Waals surface area contributed by atoms with Crippen molar-refractivity contribution in [1.29, 1.82) is 0 Å². The lowest BCUT2D eigenvalue weighted by Crippen LogP contribution is -2.05. The van der Waals surface area contributed by atoms with Crippen LogP contribution in [-0.4, -0.2) is 20.0 Å². The van der Waals surface area contributed by atoms with Gasteiger partial charge in [0.05, 0.1) is 11.4 Å². The number of hydrogen-bond acceptors (Lipinski definition) is 4. The standard InChI is InChI=1S/C18H29N5/c1-5-6-7-8-9-10-11-15-13(2)18(19)21-20-17(15)16-12-23(4)22-14(16)3/h12H,5-11H2,1-4H3,(H2,19,21). The minimum Gasteiger partial charge on any atom is -0.382 e. The lowest BCUT2D eigenvalue weighted by atomic mass is 9.97. The zero-order valence-corrected chi connectivity index (χ0v) is 14.9. The summed E-state index contributed by atoms with van der Waals surface area (Å²) in [6.45, 7) is 6.31. The molecule has 2 aromatic rings. The van der Waals surface area contributed by atoms with Crippen LogP contribution in [0.2, 0.25) is 0 Å². The van der Waals surface area contributed by atoms with E-state index in [1.807, 2.05) is 31.8 Å². The number of nitrogens with two attached hydrogens (primary N) is 1. The van der Waals surface area contributed by atoms with Gasteiger partial charge in [-0.2, -0.15) is 5.10 Å². The summed E-state index contributed by atoms with van der Waals surface area (Å²) in [5.41, 5.74) is 11.3. The van der Waals surface area contributed by atoms with Gasteiger partial charge in [0.15, 0.2) is 0 Å². The van der Waals surface area contributed by atoms with Gasteiger partial charge in [0.1, 0.15) is 5.82 Å². The zero-order valence-electron chi connectivity index (χ0n) is 14.9. The molecule has 0 amide bonds.